The molecule has 0 aliphatic heterocycles. The summed E-state index contributed by atoms with van der Waals surface area (Å²) >= 11 is 1.35. The highest BCUT2D eigenvalue weighted by Crippen LogP contribution is 2.23. The van der Waals surface area contributed by atoms with Gasteiger partial charge in [-0.1, -0.05) is 12.1 Å². The molecule has 8 heteroatoms. The van der Waals surface area contributed by atoms with Gasteiger partial charge in [-0.05, 0) is 24.6 Å². The van der Waals surface area contributed by atoms with Crippen molar-refractivity contribution in [2.75, 3.05) is 5.32 Å². The summed E-state index contributed by atoms with van der Waals surface area (Å²) in [6, 6.07) is 5.16. The molecule has 112 valence electrons. The van der Waals surface area contributed by atoms with E-state index in [1.807, 2.05) is 6.92 Å². The van der Waals surface area contributed by atoms with Crippen LogP contribution in [0.1, 0.15) is 10.4 Å². The predicted molar refractivity (Wildman–Crippen MR) is 72.3 cm³/mol. The van der Waals surface area contributed by atoms with Gasteiger partial charge in [0.05, 0.1) is 6.42 Å². The summed E-state index contributed by atoms with van der Waals surface area (Å²) in [7, 11) is 0. The molecule has 0 spiro atoms. The summed E-state index contributed by atoms with van der Waals surface area (Å²) in [5.74, 6) is -0.601. The molecule has 1 aromatic heterocycles. The molecule has 0 aliphatic carbocycles. The average molecular weight is 316 g/mol. The molecular formula is C13H11F3N2O2S. The van der Waals surface area contributed by atoms with Gasteiger partial charge in [-0.25, -0.2) is 4.98 Å². The van der Waals surface area contributed by atoms with E-state index in [1.165, 1.54) is 35.6 Å². The van der Waals surface area contributed by atoms with Crippen LogP contribution in [0.3, 0.4) is 0 Å². The Labute approximate surface area is 122 Å². The molecule has 0 fully saturated rings. The molecule has 1 heterocycles. The maximum absolute atomic E-state index is 12.0. The summed E-state index contributed by atoms with van der Waals surface area (Å²) in [5, 5.41) is 3.12. The second kappa shape index (κ2) is 6.13. The Bertz CT molecular complexity index is 623. The number of alkyl halides is 3. The number of hydrogen-bond acceptors (Lipinski definition) is 4. The first-order valence-electron chi connectivity index (χ1n) is 5.89. The van der Waals surface area contributed by atoms with Crippen molar-refractivity contribution in [1.82, 2.24) is 4.98 Å². The van der Waals surface area contributed by atoms with E-state index in [0.717, 1.165) is 4.88 Å². The Morgan fingerprint density at radius 3 is 2.52 bits per heavy atom. The fourth-order valence-corrected chi connectivity index (χ4v) is 2.25. The van der Waals surface area contributed by atoms with E-state index in [4.69, 9.17) is 0 Å². The number of ether oxygens (including phenoxy) is 1. The van der Waals surface area contributed by atoms with E-state index in [2.05, 4.69) is 15.0 Å². The number of aryl methyl sites for hydroxylation is 1. The van der Waals surface area contributed by atoms with Gasteiger partial charge >= 0.3 is 6.36 Å². The number of anilines is 1. The van der Waals surface area contributed by atoms with Gasteiger partial charge in [-0.3, -0.25) is 4.79 Å². The molecule has 0 atom stereocenters. The Kier molecular flexibility index (Phi) is 4.46. The number of rotatable bonds is 4. The van der Waals surface area contributed by atoms with Crippen molar-refractivity contribution in [3.05, 3.63) is 40.9 Å². The van der Waals surface area contributed by atoms with Crippen LogP contribution in [0.15, 0.2) is 30.5 Å². The monoisotopic (exact) mass is 316 g/mol. The molecule has 1 amide bonds. The fourth-order valence-electron chi connectivity index (χ4n) is 1.57. The minimum Gasteiger partial charge on any atom is -0.406 e. The molecule has 4 nitrogen and oxygen atoms in total. The molecule has 0 saturated heterocycles. The summed E-state index contributed by atoms with van der Waals surface area (Å²) in [4.78, 5) is 16.7. The Morgan fingerprint density at radius 2 is 2.00 bits per heavy atom. The van der Waals surface area contributed by atoms with E-state index >= 15 is 0 Å². The van der Waals surface area contributed by atoms with Crippen LogP contribution >= 0.6 is 11.3 Å². The summed E-state index contributed by atoms with van der Waals surface area (Å²) in [5.41, 5.74) is 0.579. The number of carbonyl (C=O) groups is 1. The van der Waals surface area contributed by atoms with Crippen LogP contribution in [-0.4, -0.2) is 17.3 Å². The zero-order valence-corrected chi connectivity index (χ0v) is 11.7. The van der Waals surface area contributed by atoms with Crippen molar-refractivity contribution >= 4 is 22.4 Å². The van der Waals surface area contributed by atoms with E-state index < -0.39 is 6.36 Å². The first-order chi connectivity index (χ1) is 9.82. The average Bonchev–Trinajstić information content (AvgIpc) is 2.75. The van der Waals surface area contributed by atoms with Gasteiger partial charge in [-0.15, -0.1) is 24.5 Å². The number of aromatic nitrogens is 1. The highest BCUT2D eigenvalue weighted by atomic mass is 32.1. The molecule has 0 unspecified atom stereocenters. The lowest BCUT2D eigenvalue weighted by Crippen LogP contribution is -2.17. The van der Waals surface area contributed by atoms with Crippen molar-refractivity contribution in [3.8, 4) is 5.75 Å². The first-order valence-corrected chi connectivity index (χ1v) is 6.70. The van der Waals surface area contributed by atoms with Crippen LogP contribution in [0.5, 0.6) is 5.75 Å². The van der Waals surface area contributed by atoms with E-state index in [9.17, 15) is 18.0 Å². The van der Waals surface area contributed by atoms with Gasteiger partial charge in [0, 0.05) is 11.1 Å². The van der Waals surface area contributed by atoms with Gasteiger partial charge in [0.15, 0.2) is 5.13 Å². The standard InChI is InChI=1S/C13H11F3N2O2S/c1-8-7-17-12(21-8)18-11(19)6-9-2-4-10(5-3-9)20-13(14,15)16/h2-5,7H,6H2,1H3,(H,17,18,19). The van der Waals surface area contributed by atoms with E-state index in [1.54, 1.807) is 6.20 Å². The van der Waals surface area contributed by atoms with Gasteiger partial charge in [0.1, 0.15) is 5.75 Å². The molecule has 2 rings (SSSR count). The normalized spacial score (nSPS) is 11.2. The zero-order chi connectivity index (χ0) is 15.5. The van der Waals surface area contributed by atoms with Crippen LogP contribution in [-0.2, 0) is 11.2 Å². The summed E-state index contributed by atoms with van der Waals surface area (Å²) in [6.07, 6.45) is -3.03. The van der Waals surface area contributed by atoms with E-state index in [-0.39, 0.29) is 18.1 Å². The van der Waals surface area contributed by atoms with Crippen molar-refractivity contribution in [1.29, 1.82) is 0 Å². The van der Waals surface area contributed by atoms with Crippen LogP contribution in [0, 0.1) is 6.92 Å². The van der Waals surface area contributed by atoms with Crippen LogP contribution in [0.2, 0.25) is 0 Å². The smallest absolute Gasteiger partial charge is 0.406 e. The van der Waals surface area contributed by atoms with Gasteiger partial charge in [-0.2, -0.15) is 0 Å². The third-order valence-electron chi connectivity index (χ3n) is 2.39. The number of halogens is 3. The molecule has 0 bridgehead atoms. The highest BCUT2D eigenvalue weighted by Gasteiger charge is 2.30. The molecule has 2 aromatic rings. The van der Waals surface area contributed by atoms with Crippen molar-refractivity contribution < 1.29 is 22.7 Å². The lowest BCUT2D eigenvalue weighted by molar-refractivity contribution is -0.274. The number of benzene rings is 1. The quantitative estimate of drug-likeness (QED) is 0.939. The third-order valence-corrected chi connectivity index (χ3v) is 3.22. The van der Waals surface area contributed by atoms with Crippen molar-refractivity contribution in [2.45, 2.75) is 19.7 Å². The minimum absolute atomic E-state index is 0.0466. The second-order valence-electron chi connectivity index (χ2n) is 4.19. The Morgan fingerprint density at radius 1 is 1.33 bits per heavy atom. The molecular weight excluding hydrogens is 305 g/mol. The highest BCUT2D eigenvalue weighted by molar-refractivity contribution is 7.15. The van der Waals surface area contributed by atoms with Crippen LogP contribution < -0.4 is 10.1 Å². The summed E-state index contributed by atoms with van der Waals surface area (Å²) in [6.45, 7) is 1.87. The Hall–Kier alpha value is -2.09. The predicted octanol–water partition coefficient (Wildman–Crippen LogP) is 3.53. The molecule has 0 aliphatic rings. The lowest BCUT2D eigenvalue weighted by Gasteiger charge is -2.09. The fraction of sp³-hybridized carbons (Fsp3) is 0.231. The SMILES string of the molecule is Cc1cnc(NC(=O)Cc2ccc(OC(F)(F)F)cc2)s1. The number of hydrogen-bond donors (Lipinski definition) is 1. The maximum Gasteiger partial charge on any atom is 0.573 e. The van der Waals surface area contributed by atoms with E-state index in [0.29, 0.717) is 10.7 Å². The summed E-state index contributed by atoms with van der Waals surface area (Å²) < 4.78 is 39.8. The number of amides is 1. The number of thiazole rings is 1. The topological polar surface area (TPSA) is 51.2 Å². The minimum atomic E-state index is -4.72. The van der Waals surface area contributed by atoms with Gasteiger partial charge in [0.25, 0.3) is 0 Å². The molecule has 0 saturated carbocycles. The largest absolute Gasteiger partial charge is 0.573 e. The first kappa shape index (κ1) is 15.3. The number of nitrogens with zero attached hydrogens (tertiary/aromatic N) is 1. The van der Waals surface area contributed by atoms with Crippen molar-refractivity contribution in [2.24, 2.45) is 0 Å². The maximum atomic E-state index is 12.0. The molecule has 21 heavy (non-hydrogen) atoms. The third kappa shape index (κ3) is 5.07. The zero-order valence-electron chi connectivity index (χ0n) is 10.9. The van der Waals surface area contributed by atoms with Crippen LogP contribution in [0.25, 0.3) is 0 Å². The molecule has 0 radical (unpaired) electrons. The van der Waals surface area contributed by atoms with Crippen LogP contribution in [0.4, 0.5) is 18.3 Å². The molecule has 1 N–H and O–H groups in total. The lowest BCUT2D eigenvalue weighted by atomic mass is 10.1. The van der Waals surface area contributed by atoms with Gasteiger partial charge < -0.3 is 10.1 Å². The van der Waals surface area contributed by atoms with Crippen molar-refractivity contribution in [3.63, 3.8) is 0 Å². The number of nitrogens with one attached hydrogen (secondary N) is 1. The number of carbonyl (C=O) groups excluding carboxylic acids is 1. The second-order valence-corrected chi connectivity index (χ2v) is 5.43. The Balaban J connectivity index is 1.92. The molecule has 1 aromatic carbocycles. The van der Waals surface area contributed by atoms with Gasteiger partial charge in [0.2, 0.25) is 5.91 Å².